The third kappa shape index (κ3) is 2.19. The Labute approximate surface area is 95.7 Å². The molecule has 1 aliphatic heterocycles. The molecule has 1 rings (SSSR count). The van der Waals surface area contributed by atoms with Gasteiger partial charge in [-0.3, -0.25) is 4.79 Å². The standard InChI is InChI=1S/C11H19NO4/c1-7(2)9-11(3,4)16-10(14)12(9)8(13)6-15-5/h7,9H,6H2,1-5H3/t9-/m0/s1. The third-order valence-electron chi connectivity index (χ3n) is 2.71. The fourth-order valence-electron chi connectivity index (χ4n) is 2.31. The first-order valence-corrected chi connectivity index (χ1v) is 5.35. The average molecular weight is 229 g/mol. The Kier molecular flexibility index (Phi) is 3.57. The lowest BCUT2D eigenvalue weighted by molar-refractivity contribution is -0.134. The van der Waals surface area contributed by atoms with Crippen molar-refractivity contribution in [3.8, 4) is 0 Å². The highest BCUT2D eigenvalue weighted by atomic mass is 16.6. The molecule has 0 aromatic carbocycles. The number of amides is 2. The number of hydrogen-bond acceptors (Lipinski definition) is 4. The van der Waals surface area contributed by atoms with Crippen molar-refractivity contribution in [1.82, 2.24) is 4.90 Å². The number of ether oxygens (including phenoxy) is 2. The highest BCUT2D eigenvalue weighted by Crippen LogP contribution is 2.33. The number of nitrogens with zero attached hydrogens (tertiary/aromatic N) is 1. The van der Waals surface area contributed by atoms with Crippen molar-refractivity contribution >= 4 is 12.0 Å². The molecular formula is C11H19NO4. The zero-order chi connectivity index (χ0) is 12.5. The molecule has 0 aromatic heterocycles. The number of carbonyl (C=O) groups is 2. The summed E-state index contributed by atoms with van der Waals surface area (Å²) in [7, 11) is 1.43. The Hall–Kier alpha value is -1.10. The number of methoxy groups -OCH3 is 1. The fraction of sp³-hybridized carbons (Fsp3) is 0.818. The second-order valence-electron chi connectivity index (χ2n) is 4.86. The van der Waals surface area contributed by atoms with Gasteiger partial charge in [0.1, 0.15) is 12.2 Å². The van der Waals surface area contributed by atoms with E-state index in [4.69, 9.17) is 9.47 Å². The molecule has 0 radical (unpaired) electrons. The van der Waals surface area contributed by atoms with Crippen LogP contribution in [0.5, 0.6) is 0 Å². The van der Waals surface area contributed by atoms with Crippen LogP contribution in [0.1, 0.15) is 27.7 Å². The zero-order valence-electron chi connectivity index (χ0n) is 10.4. The lowest BCUT2D eigenvalue weighted by atomic mass is 9.89. The molecule has 16 heavy (non-hydrogen) atoms. The van der Waals surface area contributed by atoms with Gasteiger partial charge < -0.3 is 9.47 Å². The van der Waals surface area contributed by atoms with E-state index in [-0.39, 0.29) is 24.5 Å². The fourth-order valence-corrected chi connectivity index (χ4v) is 2.31. The maximum Gasteiger partial charge on any atom is 0.417 e. The van der Waals surface area contributed by atoms with Crippen LogP contribution in [-0.2, 0) is 14.3 Å². The van der Waals surface area contributed by atoms with Crippen molar-refractivity contribution in [1.29, 1.82) is 0 Å². The largest absolute Gasteiger partial charge is 0.441 e. The molecule has 5 heteroatoms. The van der Waals surface area contributed by atoms with Crippen LogP contribution in [0.3, 0.4) is 0 Å². The summed E-state index contributed by atoms with van der Waals surface area (Å²) in [6.45, 7) is 7.45. The molecule has 1 atom stereocenters. The van der Waals surface area contributed by atoms with E-state index in [2.05, 4.69) is 0 Å². The summed E-state index contributed by atoms with van der Waals surface area (Å²) in [5.41, 5.74) is -0.644. The minimum absolute atomic E-state index is 0.103. The lowest BCUT2D eigenvalue weighted by Crippen LogP contribution is -2.49. The molecule has 0 aliphatic carbocycles. The van der Waals surface area contributed by atoms with Gasteiger partial charge in [0.15, 0.2) is 0 Å². The SMILES string of the molecule is COCC(=O)N1C(=O)OC(C)(C)[C@@H]1C(C)C. The molecule has 1 fully saturated rings. The van der Waals surface area contributed by atoms with Crippen LogP contribution in [0.15, 0.2) is 0 Å². The summed E-state index contributed by atoms with van der Waals surface area (Å²) in [5, 5.41) is 0. The molecule has 0 spiro atoms. The Bertz CT molecular complexity index is 298. The van der Waals surface area contributed by atoms with Crippen molar-refractivity contribution in [3.05, 3.63) is 0 Å². The summed E-state index contributed by atoms with van der Waals surface area (Å²) >= 11 is 0. The van der Waals surface area contributed by atoms with Crippen LogP contribution in [0.2, 0.25) is 0 Å². The van der Waals surface area contributed by atoms with E-state index < -0.39 is 11.7 Å². The van der Waals surface area contributed by atoms with Crippen molar-refractivity contribution in [2.24, 2.45) is 5.92 Å². The second-order valence-corrected chi connectivity index (χ2v) is 4.86. The molecule has 5 nitrogen and oxygen atoms in total. The van der Waals surface area contributed by atoms with Crippen LogP contribution in [0, 0.1) is 5.92 Å². The van der Waals surface area contributed by atoms with Gasteiger partial charge in [-0.1, -0.05) is 13.8 Å². The molecule has 1 heterocycles. The van der Waals surface area contributed by atoms with Crippen LogP contribution in [-0.4, -0.2) is 42.3 Å². The van der Waals surface area contributed by atoms with E-state index in [1.165, 1.54) is 12.0 Å². The summed E-state index contributed by atoms with van der Waals surface area (Å²) in [6, 6.07) is -0.248. The first-order valence-electron chi connectivity index (χ1n) is 5.35. The number of carbonyl (C=O) groups excluding carboxylic acids is 2. The maximum absolute atomic E-state index is 11.8. The van der Waals surface area contributed by atoms with Crippen LogP contribution in [0.25, 0.3) is 0 Å². The van der Waals surface area contributed by atoms with Gasteiger partial charge in [0.05, 0.1) is 6.04 Å². The number of imide groups is 1. The van der Waals surface area contributed by atoms with E-state index in [0.29, 0.717) is 0 Å². The average Bonchev–Trinajstić information content (AvgIpc) is 2.35. The second kappa shape index (κ2) is 4.41. The summed E-state index contributed by atoms with van der Waals surface area (Å²) < 4.78 is 9.97. The summed E-state index contributed by atoms with van der Waals surface area (Å²) in [5.74, 6) is -0.209. The quantitative estimate of drug-likeness (QED) is 0.734. The van der Waals surface area contributed by atoms with Gasteiger partial charge in [-0.05, 0) is 19.8 Å². The topological polar surface area (TPSA) is 55.8 Å². The molecule has 92 valence electrons. The van der Waals surface area contributed by atoms with E-state index in [9.17, 15) is 9.59 Å². The van der Waals surface area contributed by atoms with Crippen LogP contribution in [0.4, 0.5) is 4.79 Å². The zero-order valence-corrected chi connectivity index (χ0v) is 10.4. The Balaban J connectivity index is 2.97. The summed E-state index contributed by atoms with van der Waals surface area (Å²) in [6.07, 6.45) is -0.578. The van der Waals surface area contributed by atoms with Gasteiger partial charge >= 0.3 is 6.09 Å². The normalized spacial score (nSPS) is 23.8. The summed E-state index contributed by atoms with van der Waals surface area (Å²) in [4.78, 5) is 24.6. The van der Waals surface area contributed by atoms with Gasteiger partial charge in [0, 0.05) is 7.11 Å². The highest BCUT2D eigenvalue weighted by molar-refractivity contribution is 5.94. The van der Waals surface area contributed by atoms with Crippen molar-refractivity contribution in [2.45, 2.75) is 39.3 Å². The lowest BCUT2D eigenvalue weighted by Gasteiger charge is -2.30. The molecule has 0 aromatic rings. The molecular weight excluding hydrogens is 210 g/mol. The Morgan fingerprint density at radius 2 is 2.12 bits per heavy atom. The predicted molar refractivity (Wildman–Crippen MR) is 57.9 cm³/mol. The predicted octanol–water partition coefficient (Wildman–Crippen LogP) is 1.41. The van der Waals surface area contributed by atoms with Gasteiger partial charge in [-0.2, -0.15) is 0 Å². The van der Waals surface area contributed by atoms with Crippen molar-refractivity contribution in [2.75, 3.05) is 13.7 Å². The van der Waals surface area contributed by atoms with Crippen molar-refractivity contribution in [3.63, 3.8) is 0 Å². The van der Waals surface area contributed by atoms with Crippen LogP contribution >= 0.6 is 0 Å². The van der Waals surface area contributed by atoms with E-state index in [1.807, 2.05) is 27.7 Å². The van der Waals surface area contributed by atoms with E-state index in [0.717, 1.165) is 0 Å². The molecule has 1 saturated heterocycles. The number of rotatable bonds is 3. The minimum Gasteiger partial charge on any atom is -0.441 e. The molecule has 0 N–H and O–H groups in total. The number of cyclic esters (lactones) is 1. The smallest absolute Gasteiger partial charge is 0.417 e. The Morgan fingerprint density at radius 3 is 2.56 bits per heavy atom. The molecule has 1 aliphatic rings. The first kappa shape index (κ1) is 13.0. The van der Waals surface area contributed by atoms with Gasteiger partial charge in [-0.15, -0.1) is 0 Å². The van der Waals surface area contributed by atoms with Gasteiger partial charge in [0.25, 0.3) is 5.91 Å². The van der Waals surface area contributed by atoms with Gasteiger partial charge in [-0.25, -0.2) is 9.69 Å². The minimum atomic E-state index is -0.644. The van der Waals surface area contributed by atoms with E-state index >= 15 is 0 Å². The molecule has 0 unspecified atom stereocenters. The van der Waals surface area contributed by atoms with Crippen LogP contribution < -0.4 is 0 Å². The van der Waals surface area contributed by atoms with Gasteiger partial charge in [0.2, 0.25) is 0 Å². The molecule has 0 saturated carbocycles. The number of hydrogen-bond donors (Lipinski definition) is 0. The molecule has 2 amide bonds. The monoisotopic (exact) mass is 229 g/mol. The highest BCUT2D eigenvalue weighted by Gasteiger charge is 2.51. The van der Waals surface area contributed by atoms with E-state index in [1.54, 1.807) is 0 Å². The Morgan fingerprint density at radius 1 is 1.56 bits per heavy atom. The third-order valence-corrected chi connectivity index (χ3v) is 2.71. The first-order chi connectivity index (χ1) is 7.31. The molecule has 0 bridgehead atoms. The maximum atomic E-state index is 11.8. The van der Waals surface area contributed by atoms with Crippen molar-refractivity contribution < 1.29 is 19.1 Å².